The molecule has 1 spiro atoms. The molecular weight excluding hydrogens is 308 g/mol. The van der Waals surface area contributed by atoms with Gasteiger partial charge < -0.3 is 19.1 Å². The minimum absolute atomic E-state index is 0.0847. The first-order valence-electron chi connectivity index (χ1n) is 8.57. The van der Waals surface area contributed by atoms with Crippen molar-refractivity contribution in [1.82, 2.24) is 9.88 Å². The zero-order valence-corrected chi connectivity index (χ0v) is 14.3. The fourth-order valence-corrected chi connectivity index (χ4v) is 3.57. The molecule has 3 heterocycles. The molecule has 0 bridgehead atoms. The second kappa shape index (κ2) is 8.05. The summed E-state index contributed by atoms with van der Waals surface area (Å²) in [4.78, 5) is 18.0. The van der Waals surface area contributed by atoms with Crippen molar-refractivity contribution in [3.05, 3.63) is 30.1 Å². The monoisotopic (exact) mass is 334 g/mol. The van der Waals surface area contributed by atoms with Gasteiger partial charge in [0.05, 0.1) is 31.6 Å². The molecule has 0 saturated carbocycles. The average Bonchev–Trinajstić information content (AvgIpc) is 2.99. The highest BCUT2D eigenvalue weighted by atomic mass is 16.5. The summed E-state index contributed by atoms with van der Waals surface area (Å²) in [5.74, 6) is 0.0847. The van der Waals surface area contributed by atoms with Crippen LogP contribution in [0.15, 0.2) is 24.4 Å². The second-order valence-corrected chi connectivity index (χ2v) is 6.79. The molecule has 2 fully saturated rings. The topological polar surface area (TPSA) is 60.9 Å². The predicted octanol–water partition coefficient (Wildman–Crippen LogP) is 1.64. The first-order chi connectivity index (χ1) is 11.7. The molecule has 1 aromatic rings. The molecule has 2 saturated heterocycles. The molecule has 1 atom stereocenters. The van der Waals surface area contributed by atoms with Crippen LogP contribution >= 0.6 is 0 Å². The fraction of sp³-hybridized carbons (Fsp3) is 0.667. The number of methoxy groups -OCH3 is 1. The van der Waals surface area contributed by atoms with E-state index < -0.39 is 0 Å². The van der Waals surface area contributed by atoms with Crippen molar-refractivity contribution >= 4 is 5.91 Å². The number of hydrogen-bond acceptors (Lipinski definition) is 5. The van der Waals surface area contributed by atoms with Crippen LogP contribution in [0, 0.1) is 5.41 Å². The van der Waals surface area contributed by atoms with Crippen LogP contribution < -0.4 is 0 Å². The van der Waals surface area contributed by atoms with Crippen LogP contribution in [0.2, 0.25) is 0 Å². The fourth-order valence-electron chi connectivity index (χ4n) is 3.57. The first-order valence-corrected chi connectivity index (χ1v) is 8.57. The van der Waals surface area contributed by atoms with Crippen LogP contribution in [0.1, 0.15) is 25.0 Å². The first kappa shape index (κ1) is 17.3. The van der Waals surface area contributed by atoms with Crippen molar-refractivity contribution in [2.75, 3.05) is 40.0 Å². The van der Waals surface area contributed by atoms with Gasteiger partial charge in [-0.1, -0.05) is 6.07 Å². The van der Waals surface area contributed by atoms with E-state index in [4.69, 9.17) is 14.2 Å². The third kappa shape index (κ3) is 4.32. The number of ether oxygens (including phenoxy) is 3. The molecule has 0 N–H and O–H groups in total. The highest BCUT2D eigenvalue weighted by molar-refractivity contribution is 5.77. The summed E-state index contributed by atoms with van der Waals surface area (Å²) in [7, 11) is 1.56. The molecule has 0 radical (unpaired) electrons. The number of carbonyl (C=O) groups excluding carboxylic acids is 1. The number of piperidine rings is 1. The van der Waals surface area contributed by atoms with Gasteiger partial charge in [0.25, 0.3) is 0 Å². The summed E-state index contributed by atoms with van der Waals surface area (Å²) in [6.45, 7) is 3.67. The molecule has 6 nitrogen and oxygen atoms in total. The number of hydrogen-bond donors (Lipinski definition) is 0. The van der Waals surface area contributed by atoms with Crippen LogP contribution in [0.25, 0.3) is 0 Å². The van der Waals surface area contributed by atoms with Crippen molar-refractivity contribution in [3.63, 3.8) is 0 Å². The smallest absolute Gasteiger partial charge is 0.248 e. The van der Waals surface area contributed by atoms with E-state index in [1.165, 1.54) is 0 Å². The van der Waals surface area contributed by atoms with Gasteiger partial charge in [-0.15, -0.1) is 0 Å². The number of pyridine rings is 1. The van der Waals surface area contributed by atoms with Gasteiger partial charge in [0.2, 0.25) is 5.91 Å². The molecule has 132 valence electrons. The third-order valence-electron chi connectivity index (χ3n) is 5.01. The van der Waals surface area contributed by atoms with Crippen molar-refractivity contribution in [1.29, 1.82) is 0 Å². The van der Waals surface area contributed by atoms with Crippen LogP contribution in [0.5, 0.6) is 0 Å². The molecule has 3 rings (SSSR count). The number of amides is 1. The Labute approximate surface area is 143 Å². The molecule has 2 aliphatic rings. The number of rotatable bonds is 6. The zero-order valence-electron chi connectivity index (χ0n) is 14.3. The van der Waals surface area contributed by atoms with Gasteiger partial charge in [0, 0.05) is 26.4 Å². The molecule has 6 heteroatoms. The quantitative estimate of drug-likeness (QED) is 0.791. The number of likely N-dealkylation sites (tertiary alicyclic amines) is 1. The molecule has 0 aliphatic carbocycles. The van der Waals surface area contributed by atoms with Crippen LogP contribution in [-0.2, 0) is 25.6 Å². The minimum Gasteiger partial charge on any atom is -0.375 e. The van der Waals surface area contributed by atoms with Gasteiger partial charge in [0.15, 0.2) is 0 Å². The maximum Gasteiger partial charge on any atom is 0.248 e. The normalized spacial score (nSPS) is 22.9. The van der Waals surface area contributed by atoms with E-state index in [1.807, 2.05) is 23.1 Å². The van der Waals surface area contributed by atoms with Crippen molar-refractivity contribution in [3.8, 4) is 0 Å². The molecule has 0 aromatic carbocycles. The lowest BCUT2D eigenvalue weighted by Gasteiger charge is -2.38. The SMILES string of the molecule is COCC(=O)N1CCC2(CC1)CO[C@@H](COCc1ccccn1)C2. The third-order valence-corrected chi connectivity index (χ3v) is 5.01. The summed E-state index contributed by atoms with van der Waals surface area (Å²) in [5, 5.41) is 0. The van der Waals surface area contributed by atoms with Crippen molar-refractivity contribution < 1.29 is 19.0 Å². The molecule has 1 aromatic heterocycles. The Morgan fingerprint density at radius 3 is 2.96 bits per heavy atom. The standard InChI is InChI=1S/C18H26N2O4/c1-22-13-17(21)20-8-5-18(6-9-20)10-16(24-14-18)12-23-11-15-4-2-3-7-19-15/h2-4,7,16H,5-6,8-14H2,1H3/t16-/m1/s1. The predicted molar refractivity (Wildman–Crippen MR) is 88.4 cm³/mol. The molecule has 1 amide bonds. The summed E-state index contributed by atoms with van der Waals surface area (Å²) < 4.78 is 16.6. The Balaban J connectivity index is 1.40. The van der Waals surface area contributed by atoms with Gasteiger partial charge in [-0.2, -0.15) is 0 Å². The summed E-state index contributed by atoms with van der Waals surface area (Å²) in [5.41, 5.74) is 1.15. The largest absolute Gasteiger partial charge is 0.375 e. The second-order valence-electron chi connectivity index (χ2n) is 6.79. The Kier molecular flexibility index (Phi) is 5.81. The van der Waals surface area contributed by atoms with Gasteiger partial charge in [0.1, 0.15) is 6.61 Å². The van der Waals surface area contributed by atoms with E-state index in [9.17, 15) is 4.79 Å². The van der Waals surface area contributed by atoms with E-state index in [0.717, 1.165) is 44.7 Å². The molecular formula is C18H26N2O4. The number of nitrogens with zero attached hydrogens (tertiary/aromatic N) is 2. The van der Waals surface area contributed by atoms with E-state index in [0.29, 0.717) is 13.2 Å². The average molecular weight is 334 g/mol. The minimum atomic E-state index is 0.0847. The van der Waals surface area contributed by atoms with Crippen LogP contribution in [0.3, 0.4) is 0 Å². The Bertz CT molecular complexity index is 529. The summed E-state index contributed by atoms with van der Waals surface area (Å²) in [6.07, 6.45) is 4.94. The van der Waals surface area contributed by atoms with Crippen molar-refractivity contribution in [2.45, 2.75) is 32.0 Å². The van der Waals surface area contributed by atoms with Gasteiger partial charge in [-0.3, -0.25) is 9.78 Å². The van der Waals surface area contributed by atoms with Crippen molar-refractivity contribution in [2.24, 2.45) is 5.41 Å². The number of carbonyl (C=O) groups is 1. The lowest BCUT2D eigenvalue weighted by Crippen LogP contribution is -2.44. The van der Waals surface area contributed by atoms with Crippen LogP contribution in [0.4, 0.5) is 0 Å². The highest BCUT2D eigenvalue weighted by Crippen LogP contribution is 2.42. The summed E-state index contributed by atoms with van der Waals surface area (Å²) in [6, 6.07) is 5.83. The molecule has 0 unspecified atom stereocenters. The van der Waals surface area contributed by atoms with Gasteiger partial charge in [-0.05, 0) is 36.8 Å². The Hall–Kier alpha value is -1.50. The van der Waals surface area contributed by atoms with E-state index in [2.05, 4.69) is 4.98 Å². The molecule has 24 heavy (non-hydrogen) atoms. The number of aromatic nitrogens is 1. The van der Waals surface area contributed by atoms with Crippen LogP contribution in [-0.4, -0.2) is 61.9 Å². The maximum atomic E-state index is 11.9. The van der Waals surface area contributed by atoms with Gasteiger partial charge in [-0.25, -0.2) is 0 Å². The highest BCUT2D eigenvalue weighted by Gasteiger charge is 2.43. The molecule has 2 aliphatic heterocycles. The Morgan fingerprint density at radius 1 is 1.42 bits per heavy atom. The summed E-state index contributed by atoms with van der Waals surface area (Å²) >= 11 is 0. The Morgan fingerprint density at radius 2 is 2.25 bits per heavy atom. The van der Waals surface area contributed by atoms with Gasteiger partial charge >= 0.3 is 0 Å². The van der Waals surface area contributed by atoms with E-state index >= 15 is 0 Å². The zero-order chi connectivity index (χ0) is 16.8. The lowest BCUT2D eigenvalue weighted by molar-refractivity contribution is -0.137. The lowest BCUT2D eigenvalue weighted by atomic mass is 9.76. The maximum absolute atomic E-state index is 11.9. The van der Waals surface area contributed by atoms with E-state index in [1.54, 1.807) is 13.3 Å². The van der Waals surface area contributed by atoms with E-state index in [-0.39, 0.29) is 24.0 Å².